The second-order valence-corrected chi connectivity index (χ2v) is 5.11. The van der Waals surface area contributed by atoms with Crippen molar-refractivity contribution in [3.05, 3.63) is 47.2 Å². The van der Waals surface area contributed by atoms with Crippen molar-refractivity contribution in [2.75, 3.05) is 5.32 Å². The highest BCUT2D eigenvalue weighted by atomic mass is 79.9. The van der Waals surface area contributed by atoms with Gasteiger partial charge in [0.1, 0.15) is 18.0 Å². The molecular weight excluding hydrogens is 306 g/mol. The monoisotopic (exact) mass is 317 g/mol. The van der Waals surface area contributed by atoms with E-state index in [4.69, 9.17) is 0 Å². The van der Waals surface area contributed by atoms with Gasteiger partial charge in [-0.15, -0.1) is 0 Å². The minimum absolute atomic E-state index is 0.627. The fourth-order valence-corrected chi connectivity index (χ4v) is 2.26. The zero-order valence-electron chi connectivity index (χ0n) is 10.3. The normalized spacial score (nSPS) is 10.8. The fraction of sp³-hybridized carbons (Fsp3) is 0.154. The molecule has 0 saturated carbocycles. The molecule has 0 amide bonds. The summed E-state index contributed by atoms with van der Waals surface area (Å²) in [6, 6.07) is 5.95. The van der Waals surface area contributed by atoms with Crippen LogP contribution in [0.5, 0.6) is 0 Å². The largest absolute Gasteiger partial charge is 0.362 e. The van der Waals surface area contributed by atoms with Crippen molar-refractivity contribution in [2.24, 2.45) is 7.05 Å². The number of imidazole rings is 1. The van der Waals surface area contributed by atoms with Gasteiger partial charge in [0.2, 0.25) is 0 Å². The van der Waals surface area contributed by atoms with Gasteiger partial charge < -0.3 is 9.88 Å². The van der Waals surface area contributed by atoms with E-state index in [2.05, 4.69) is 36.2 Å². The van der Waals surface area contributed by atoms with Crippen LogP contribution in [0.25, 0.3) is 10.9 Å². The van der Waals surface area contributed by atoms with E-state index in [0.29, 0.717) is 6.54 Å². The Morgan fingerprint density at radius 1 is 1.26 bits per heavy atom. The van der Waals surface area contributed by atoms with Gasteiger partial charge in [0.15, 0.2) is 0 Å². The van der Waals surface area contributed by atoms with E-state index in [1.807, 2.05) is 36.0 Å². The van der Waals surface area contributed by atoms with Gasteiger partial charge in [0.25, 0.3) is 0 Å². The minimum atomic E-state index is 0.627. The van der Waals surface area contributed by atoms with Crippen LogP contribution in [0.1, 0.15) is 5.82 Å². The summed E-state index contributed by atoms with van der Waals surface area (Å²) in [4.78, 5) is 12.8. The first-order valence-electron chi connectivity index (χ1n) is 5.84. The Labute approximate surface area is 118 Å². The van der Waals surface area contributed by atoms with Crippen LogP contribution in [-0.2, 0) is 13.6 Å². The van der Waals surface area contributed by atoms with Crippen LogP contribution >= 0.6 is 15.9 Å². The summed E-state index contributed by atoms with van der Waals surface area (Å²) in [5.41, 5.74) is 0.917. The molecule has 0 fully saturated rings. The molecule has 96 valence electrons. The number of anilines is 1. The van der Waals surface area contributed by atoms with Crippen molar-refractivity contribution in [2.45, 2.75) is 6.54 Å². The van der Waals surface area contributed by atoms with Crippen LogP contribution in [0, 0.1) is 0 Å². The molecule has 0 aliphatic carbocycles. The van der Waals surface area contributed by atoms with E-state index >= 15 is 0 Å². The van der Waals surface area contributed by atoms with Crippen LogP contribution < -0.4 is 5.32 Å². The lowest BCUT2D eigenvalue weighted by Gasteiger charge is -2.08. The molecule has 0 aliphatic rings. The Bertz CT molecular complexity index is 722. The molecule has 2 aromatic heterocycles. The summed E-state index contributed by atoms with van der Waals surface area (Å²) < 4.78 is 2.99. The molecule has 0 unspecified atom stereocenters. The molecule has 5 nitrogen and oxygen atoms in total. The molecule has 2 heterocycles. The molecule has 0 radical (unpaired) electrons. The predicted octanol–water partition coefficient (Wildman–Crippen LogP) is 2.74. The first-order chi connectivity index (χ1) is 9.24. The first-order valence-corrected chi connectivity index (χ1v) is 6.63. The Morgan fingerprint density at radius 2 is 2.16 bits per heavy atom. The standard InChI is InChI=1S/C13H12BrN5/c1-19-5-4-15-12(19)7-16-13-10-6-9(14)2-3-11(10)17-8-18-13/h2-6,8H,7H2,1H3,(H,16,17,18). The lowest BCUT2D eigenvalue weighted by atomic mass is 10.2. The zero-order chi connectivity index (χ0) is 13.2. The van der Waals surface area contributed by atoms with Crippen molar-refractivity contribution < 1.29 is 0 Å². The number of fused-ring (bicyclic) bond motifs is 1. The molecule has 0 atom stereocenters. The molecular formula is C13H12BrN5. The summed E-state index contributed by atoms with van der Waals surface area (Å²) >= 11 is 3.47. The molecule has 3 aromatic rings. The lowest BCUT2D eigenvalue weighted by Crippen LogP contribution is -2.07. The van der Waals surface area contributed by atoms with E-state index in [-0.39, 0.29) is 0 Å². The number of nitrogens with one attached hydrogen (secondary N) is 1. The van der Waals surface area contributed by atoms with Crippen molar-refractivity contribution in [3.63, 3.8) is 0 Å². The van der Waals surface area contributed by atoms with Gasteiger partial charge in [-0.05, 0) is 18.2 Å². The van der Waals surface area contributed by atoms with E-state index in [0.717, 1.165) is 27.0 Å². The Morgan fingerprint density at radius 3 is 2.95 bits per heavy atom. The maximum Gasteiger partial charge on any atom is 0.137 e. The third-order valence-corrected chi connectivity index (χ3v) is 3.43. The lowest BCUT2D eigenvalue weighted by molar-refractivity contribution is 0.811. The van der Waals surface area contributed by atoms with Gasteiger partial charge in [0, 0.05) is 29.3 Å². The third-order valence-electron chi connectivity index (χ3n) is 2.93. The zero-order valence-corrected chi connectivity index (χ0v) is 11.9. The number of rotatable bonds is 3. The number of hydrogen-bond donors (Lipinski definition) is 1. The summed E-state index contributed by atoms with van der Waals surface area (Å²) in [6.45, 7) is 0.627. The Balaban J connectivity index is 1.92. The van der Waals surface area contributed by atoms with E-state index in [1.165, 1.54) is 0 Å². The van der Waals surface area contributed by atoms with E-state index < -0.39 is 0 Å². The third kappa shape index (κ3) is 2.44. The highest BCUT2D eigenvalue weighted by molar-refractivity contribution is 9.10. The number of aryl methyl sites for hydroxylation is 1. The predicted molar refractivity (Wildman–Crippen MR) is 77.8 cm³/mol. The average molecular weight is 318 g/mol. The number of nitrogens with zero attached hydrogens (tertiary/aromatic N) is 4. The van der Waals surface area contributed by atoms with E-state index in [1.54, 1.807) is 12.5 Å². The second kappa shape index (κ2) is 4.97. The molecule has 6 heteroatoms. The molecule has 0 aliphatic heterocycles. The molecule has 1 N–H and O–H groups in total. The number of aromatic nitrogens is 4. The van der Waals surface area contributed by atoms with Crippen LogP contribution in [-0.4, -0.2) is 19.5 Å². The van der Waals surface area contributed by atoms with Crippen molar-refractivity contribution in [3.8, 4) is 0 Å². The Kier molecular flexibility index (Phi) is 3.16. The van der Waals surface area contributed by atoms with E-state index in [9.17, 15) is 0 Å². The number of halogens is 1. The van der Waals surface area contributed by atoms with Gasteiger partial charge in [-0.1, -0.05) is 15.9 Å². The van der Waals surface area contributed by atoms with Gasteiger partial charge in [-0.2, -0.15) is 0 Å². The van der Waals surface area contributed by atoms with Gasteiger partial charge in [-0.25, -0.2) is 15.0 Å². The maximum absolute atomic E-state index is 4.30. The highest BCUT2D eigenvalue weighted by Gasteiger charge is 2.05. The average Bonchev–Trinajstić information content (AvgIpc) is 2.82. The summed E-state index contributed by atoms with van der Waals surface area (Å²) in [7, 11) is 1.97. The number of benzene rings is 1. The van der Waals surface area contributed by atoms with Crippen LogP contribution in [0.15, 0.2) is 41.4 Å². The van der Waals surface area contributed by atoms with Crippen LogP contribution in [0.3, 0.4) is 0 Å². The molecule has 0 spiro atoms. The topological polar surface area (TPSA) is 55.6 Å². The molecule has 3 rings (SSSR count). The quantitative estimate of drug-likeness (QED) is 0.807. The van der Waals surface area contributed by atoms with Crippen molar-refractivity contribution in [1.29, 1.82) is 0 Å². The highest BCUT2D eigenvalue weighted by Crippen LogP contribution is 2.23. The molecule has 19 heavy (non-hydrogen) atoms. The van der Waals surface area contributed by atoms with Gasteiger partial charge in [-0.3, -0.25) is 0 Å². The van der Waals surface area contributed by atoms with Gasteiger partial charge >= 0.3 is 0 Å². The summed E-state index contributed by atoms with van der Waals surface area (Å²) in [5, 5.41) is 4.29. The summed E-state index contributed by atoms with van der Waals surface area (Å²) in [5.74, 6) is 1.77. The fourth-order valence-electron chi connectivity index (χ4n) is 1.90. The summed E-state index contributed by atoms with van der Waals surface area (Å²) in [6.07, 6.45) is 5.27. The second-order valence-electron chi connectivity index (χ2n) is 4.19. The van der Waals surface area contributed by atoms with Gasteiger partial charge in [0.05, 0.1) is 12.1 Å². The molecule has 0 saturated heterocycles. The van der Waals surface area contributed by atoms with Crippen molar-refractivity contribution in [1.82, 2.24) is 19.5 Å². The maximum atomic E-state index is 4.30. The molecule has 0 bridgehead atoms. The van der Waals surface area contributed by atoms with Crippen molar-refractivity contribution >= 4 is 32.7 Å². The molecule has 1 aromatic carbocycles. The number of hydrogen-bond acceptors (Lipinski definition) is 4. The van der Waals surface area contributed by atoms with Crippen LogP contribution in [0.4, 0.5) is 5.82 Å². The smallest absolute Gasteiger partial charge is 0.137 e. The Hall–Kier alpha value is -1.95. The SMILES string of the molecule is Cn1ccnc1CNc1ncnc2ccc(Br)cc12. The minimum Gasteiger partial charge on any atom is -0.362 e. The van der Waals surface area contributed by atoms with Crippen LogP contribution in [0.2, 0.25) is 0 Å². The first kappa shape index (κ1) is 12.1.